The van der Waals surface area contributed by atoms with Crippen LogP contribution in [-0.4, -0.2) is 16.9 Å². The quantitative estimate of drug-likeness (QED) is 0.596. The number of nitrogens with one attached hydrogen (secondary N) is 1. The molecule has 54 valence electrons. The second-order valence-electron chi connectivity index (χ2n) is 2.84. The Morgan fingerprint density at radius 3 is 3.00 bits per heavy atom. The first-order valence-corrected chi connectivity index (χ1v) is 3.68. The zero-order valence-electron chi connectivity index (χ0n) is 6.68. The summed E-state index contributed by atoms with van der Waals surface area (Å²) in [6.45, 7) is 6.26. The fourth-order valence-electron chi connectivity index (χ4n) is 1.29. The monoisotopic (exact) mass is 144 g/mol. The second-order valence-corrected chi connectivity index (χ2v) is 2.84. The molecular weight excluding hydrogens is 135 g/mol. The maximum atomic E-state index is 4.21. The number of aryl methyl sites for hydroxylation is 2. The van der Waals surface area contributed by atoms with Crippen LogP contribution in [0.4, 0.5) is 0 Å². The number of fused-ring (bicyclic) bond motifs is 1. The van der Waals surface area contributed by atoms with Gasteiger partial charge in [-0.3, -0.25) is 0 Å². The normalized spacial score (nSPS) is 10.4. The number of nitrogens with zero attached hydrogens (tertiary/aromatic N) is 1. The predicted octanol–water partition coefficient (Wildman–Crippen LogP) is 1.52. The summed E-state index contributed by atoms with van der Waals surface area (Å²) in [5.74, 6) is 0. The summed E-state index contributed by atoms with van der Waals surface area (Å²) in [4.78, 5) is 7.40. The molecule has 1 N–H and O–H groups in total. The molecule has 0 saturated heterocycles. The van der Waals surface area contributed by atoms with Crippen LogP contribution in [0.1, 0.15) is 11.2 Å². The van der Waals surface area contributed by atoms with E-state index in [0.717, 1.165) is 5.65 Å². The third kappa shape index (κ3) is 0.966. The van der Waals surface area contributed by atoms with Gasteiger partial charge in [0.05, 0.1) is 0 Å². The predicted molar refractivity (Wildman–Crippen MR) is 46.9 cm³/mol. The van der Waals surface area contributed by atoms with E-state index in [4.69, 9.17) is 0 Å². The van der Waals surface area contributed by atoms with Gasteiger partial charge in [-0.15, -0.1) is 0 Å². The Morgan fingerprint density at radius 1 is 1.45 bits per heavy atom. The molecule has 2 aromatic rings. The maximum absolute atomic E-state index is 4.21. The standard InChI is InChI=1S/C8H9BN2/c1-5-3-4-10-8-7(5)9-6(2)11-8/h3-4H,1-2H3,(H,10,11). The van der Waals surface area contributed by atoms with Crippen LogP contribution < -0.4 is 0 Å². The van der Waals surface area contributed by atoms with Crippen molar-refractivity contribution in [2.75, 3.05) is 0 Å². The summed E-state index contributed by atoms with van der Waals surface area (Å²) < 4.78 is 0. The van der Waals surface area contributed by atoms with Gasteiger partial charge in [0.25, 0.3) is 0 Å². The van der Waals surface area contributed by atoms with Gasteiger partial charge in [-0.1, -0.05) is 0 Å². The summed E-state index contributed by atoms with van der Waals surface area (Å²) >= 11 is 0. The molecule has 0 atom stereocenters. The van der Waals surface area contributed by atoms with E-state index in [9.17, 15) is 0 Å². The van der Waals surface area contributed by atoms with E-state index in [2.05, 4.69) is 23.8 Å². The molecule has 0 bridgehead atoms. The molecule has 0 aromatic carbocycles. The second kappa shape index (κ2) is 2.19. The number of aromatic amines is 1. The Labute approximate surface area is 65.9 Å². The minimum atomic E-state index is 0.988. The Bertz CT molecular complexity index is 392. The topological polar surface area (TPSA) is 28.7 Å². The van der Waals surface area contributed by atoms with E-state index in [1.54, 1.807) is 0 Å². The summed E-state index contributed by atoms with van der Waals surface area (Å²) in [5.41, 5.74) is 3.43. The Kier molecular flexibility index (Phi) is 1.31. The van der Waals surface area contributed by atoms with Crippen LogP contribution in [0.3, 0.4) is 0 Å². The van der Waals surface area contributed by atoms with Crippen molar-refractivity contribution >= 4 is 17.8 Å². The van der Waals surface area contributed by atoms with Crippen LogP contribution in [0.25, 0.3) is 10.9 Å². The zero-order valence-corrected chi connectivity index (χ0v) is 6.68. The third-order valence-corrected chi connectivity index (χ3v) is 1.88. The molecule has 0 aliphatic carbocycles. The molecule has 0 unspecified atom stereocenters. The third-order valence-electron chi connectivity index (χ3n) is 1.88. The van der Waals surface area contributed by atoms with Crippen LogP contribution in [0.15, 0.2) is 12.3 Å². The van der Waals surface area contributed by atoms with Gasteiger partial charge in [-0.25, -0.2) is 0 Å². The Balaban J connectivity index is 2.90. The summed E-state index contributed by atoms with van der Waals surface area (Å²) in [6, 6.07) is 2.02. The minimum absolute atomic E-state index is 0.988. The van der Waals surface area contributed by atoms with Crippen LogP contribution in [0.5, 0.6) is 0 Å². The van der Waals surface area contributed by atoms with Crippen LogP contribution in [0.2, 0.25) is 0 Å². The first-order valence-electron chi connectivity index (χ1n) is 3.68. The zero-order chi connectivity index (χ0) is 7.84. The van der Waals surface area contributed by atoms with E-state index in [0.29, 0.717) is 0 Å². The van der Waals surface area contributed by atoms with Gasteiger partial charge < -0.3 is 0 Å². The number of hydrogen-bond acceptors (Lipinski definition) is 1. The molecule has 2 aromatic heterocycles. The van der Waals surface area contributed by atoms with Gasteiger partial charge in [0.2, 0.25) is 0 Å². The fourth-order valence-corrected chi connectivity index (χ4v) is 1.29. The van der Waals surface area contributed by atoms with E-state index in [-0.39, 0.29) is 0 Å². The molecule has 11 heavy (non-hydrogen) atoms. The Hall–Kier alpha value is -1.12. The van der Waals surface area contributed by atoms with Gasteiger partial charge >= 0.3 is 65.1 Å². The van der Waals surface area contributed by atoms with Crippen molar-refractivity contribution in [2.45, 2.75) is 13.8 Å². The van der Waals surface area contributed by atoms with Crippen LogP contribution in [-0.2, 0) is 0 Å². The number of pyridine rings is 1. The van der Waals surface area contributed by atoms with Crippen molar-refractivity contribution < 1.29 is 0 Å². The van der Waals surface area contributed by atoms with Crippen molar-refractivity contribution in [2.24, 2.45) is 0 Å². The molecule has 2 nitrogen and oxygen atoms in total. The molecule has 3 heteroatoms. The number of rotatable bonds is 0. The van der Waals surface area contributed by atoms with E-state index >= 15 is 0 Å². The van der Waals surface area contributed by atoms with E-state index in [1.807, 2.05) is 19.2 Å². The van der Waals surface area contributed by atoms with Crippen molar-refractivity contribution in [3.63, 3.8) is 0 Å². The molecule has 0 radical (unpaired) electrons. The van der Waals surface area contributed by atoms with Crippen molar-refractivity contribution in [3.05, 3.63) is 23.4 Å². The molecule has 0 saturated carbocycles. The molecule has 0 spiro atoms. The van der Waals surface area contributed by atoms with Crippen LogP contribution >= 0.6 is 0 Å². The SMILES string of the molecule is Cc1bc2c(C)ccnc2[nH]1. The first kappa shape index (κ1) is 6.59. The van der Waals surface area contributed by atoms with Crippen molar-refractivity contribution in [1.29, 1.82) is 0 Å². The number of H-pyrrole nitrogens is 1. The van der Waals surface area contributed by atoms with Gasteiger partial charge in [-0.2, -0.15) is 0 Å². The first-order chi connectivity index (χ1) is 5.27. The Morgan fingerprint density at radius 2 is 2.27 bits per heavy atom. The molecule has 0 fully saturated rings. The molecule has 2 rings (SSSR count). The van der Waals surface area contributed by atoms with Crippen molar-refractivity contribution in [1.82, 2.24) is 9.97 Å². The fraction of sp³-hybridized carbons (Fsp3) is 0.250. The van der Waals surface area contributed by atoms with E-state index in [1.165, 1.54) is 16.4 Å². The summed E-state index contributed by atoms with van der Waals surface area (Å²) in [5, 5.41) is 1.23. The number of hydrogen-bond donors (Lipinski definition) is 1. The average Bonchev–Trinajstić information content (AvgIpc) is 2.31. The van der Waals surface area contributed by atoms with Gasteiger partial charge in [-0.05, 0) is 0 Å². The molecular formula is C8H9BN2. The number of aromatic nitrogens is 2. The van der Waals surface area contributed by atoms with E-state index < -0.39 is 0 Å². The van der Waals surface area contributed by atoms with Gasteiger partial charge in [0, 0.05) is 0 Å². The van der Waals surface area contributed by atoms with Gasteiger partial charge in [0.1, 0.15) is 0 Å². The molecule has 0 aliphatic heterocycles. The van der Waals surface area contributed by atoms with Crippen LogP contribution in [0, 0.1) is 13.8 Å². The summed E-state index contributed by atoms with van der Waals surface area (Å²) in [6.07, 6.45) is 1.83. The van der Waals surface area contributed by atoms with Crippen molar-refractivity contribution in [3.8, 4) is 0 Å². The molecule has 0 amide bonds. The molecule has 0 aliphatic rings. The van der Waals surface area contributed by atoms with Gasteiger partial charge in [0.15, 0.2) is 0 Å². The molecule has 2 heterocycles. The average molecular weight is 144 g/mol. The summed E-state index contributed by atoms with van der Waals surface area (Å²) in [7, 11) is 0.